The van der Waals surface area contributed by atoms with E-state index in [0.717, 1.165) is 66.9 Å². The summed E-state index contributed by atoms with van der Waals surface area (Å²) in [4.78, 5) is 31.9. The lowest BCUT2D eigenvalue weighted by Gasteiger charge is -2.71. The number of hydrogen-bond acceptors (Lipinski definition) is 6. The SMILES string of the molecule is Cc1ccc(C(=O)C2=CC34C=CC25C(CCC2(C)C5CCC2(O)CN(CC2CCCO2)C(=O)NC(C)C)C3(C)CCC(O)C4)s1. The van der Waals surface area contributed by atoms with Crippen LogP contribution in [0.15, 0.2) is 35.9 Å². The minimum Gasteiger partial charge on any atom is -0.393 e. The van der Waals surface area contributed by atoms with Gasteiger partial charge in [-0.05, 0) is 108 Å². The zero-order valence-electron chi connectivity index (χ0n) is 27.7. The summed E-state index contributed by atoms with van der Waals surface area (Å²) in [6.07, 6.45) is 14.1. The smallest absolute Gasteiger partial charge is 0.317 e. The molecule has 1 aliphatic heterocycles. The van der Waals surface area contributed by atoms with Crippen LogP contribution in [0.2, 0.25) is 0 Å². The number of aliphatic hydroxyl groups is 2. The molecular formula is C37H52N2O5S. The molecule has 1 aromatic heterocycles. The van der Waals surface area contributed by atoms with Crippen LogP contribution in [0.4, 0.5) is 4.79 Å². The Kier molecular flexibility index (Phi) is 7.55. The summed E-state index contributed by atoms with van der Waals surface area (Å²) in [7, 11) is 0. The van der Waals surface area contributed by atoms with E-state index in [-0.39, 0.29) is 59.3 Å². The number of amides is 2. The monoisotopic (exact) mass is 636 g/mol. The van der Waals surface area contributed by atoms with E-state index >= 15 is 0 Å². The Labute approximate surface area is 272 Å². The van der Waals surface area contributed by atoms with Crippen molar-refractivity contribution in [2.75, 3.05) is 19.7 Å². The third kappa shape index (κ3) is 4.51. The fraction of sp³-hybridized carbons (Fsp3) is 0.730. The van der Waals surface area contributed by atoms with Crippen molar-refractivity contribution < 1.29 is 24.5 Å². The van der Waals surface area contributed by atoms with Crippen LogP contribution in [0, 0.1) is 40.4 Å². The fourth-order valence-corrected chi connectivity index (χ4v) is 12.0. The van der Waals surface area contributed by atoms with Crippen molar-refractivity contribution in [3.8, 4) is 0 Å². The number of rotatable bonds is 7. The van der Waals surface area contributed by atoms with E-state index < -0.39 is 16.4 Å². The van der Waals surface area contributed by atoms with Crippen LogP contribution in [0.5, 0.6) is 0 Å². The molecule has 0 radical (unpaired) electrons. The molecule has 45 heavy (non-hydrogen) atoms. The standard InChI is InChI=1S/C37H52N2O5S/c1-23(2)38-32(42)39(21-26-7-6-18-44-26)22-36(43)15-12-30-34(36,5)14-11-29-33(4)13-10-25(40)19-35(33)16-17-37(29,30)27(20-35)31(41)28-9-8-24(3)45-28/h8-9,16-17,20,23,25-26,29-30,40,43H,6-7,10-15,18-19,21-22H2,1-5H3,(H,38,42). The average Bonchev–Trinajstić information content (AvgIpc) is 3.72. The lowest BCUT2D eigenvalue weighted by atomic mass is 9.32. The number of aryl methyl sites for hydroxylation is 1. The van der Waals surface area contributed by atoms with Crippen molar-refractivity contribution in [2.45, 2.75) is 116 Å². The first-order valence-corrected chi connectivity index (χ1v) is 18.2. The van der Waals surface area contributed by atoms with Crippen molar-refractivity contribution in [1.82, 2.24) is 10.2 Å². The van der Waals surface area contributed by atoms with Crippen molar-refractivity contribution in [1.29, 1.82) is 0 Å². The number of allylic oxidation sites excluding steroid dienone is 4. The van der Waals surface area contributed by atoms with Gasteiger partial charge in [-0.15, -0.1) is 11.3 Å². The zero-order chi connectivity index (χ0) is 32.0. The maximum atomic E-state index is 14.6. The molecule has 2 amide bonds. The highest BCUT2D eigenvalue weighted by molar-refractivity contribution is 7.14. The highest BCUT2D eigenvalue weighted by Gasteiger charge is 2.74. The van der Waals surface area contributed by atoms with E-state index in [0.29, 0.717) is 19.4 Å². The number of thiophene rings is 1. The van der Waals surface area contributed by atoms with Gasteiger partial charge < -0.3 is 25.2 Å². The first-order valence-electron chi connectivity index (χ1n) is 17.4. The molecule has 246 valence electrons. The molecular weight excluding hydrogens is 584 g/mol. The van der Waals surface area contributed by atoms with Crippen LogP contribution >= 0.6 is 11.3 Å². The van der Waals surface area contributed by atoms with Crippen LogP contribution in [0.3, 0.4) is 0 Å². The van der Waals surface area contributed by atoms with E-state index in [2.05, 4.69) is 37.4 Å². The van der Waals surface area contributed by atoms with E-state index in [9.17, 15) is 19.8 Å². The van der Waals surface area contributed by atoms with Gasteiger partial charge >= 0.3 is 6.03 Å². The van der Waals surface area contributed by atoms with E-state index in [1.165, 1.54) is 0 Å². The van der Waals surface area contributed by atoms with Gasteiger partial charge in [-0.3, -0.25) is 4.79 Å². The second kappa shape index (κ2) is 10.8. The van der Waals surface area contributed by atoms with Crippen molar-refractivity contribution in [3.63, 3.8) is 0 Å². The molecule has 3 saturated carbocycles. The van der Waals surface area contributed by atoms with Gasteiger partial charge in [0.25, 0.3) is 0 Å². The molecule has 9 atom stereocenters. The highest BCUT2D eigenvalue weighted by Crippen LogP contribution is 2.78. The predicted octanol–water partition coefficient (Wildman–Crippen LogP) is 6.43. The minimum absolute atomic E-state index is 0.00962. The number of aliphatic hydroxyl groups excluding tert-OH is 1. The second-order valence-corrected chi connectivity index (χ2v) is 17.5. The van der Waals surface area contributed by atoms with Crippen LogP contribution in [0.25, 0.3) is 0 Å². The molecule has 7 aliphatic rings. The van der Waals surface area contributed by atoms with Gasteiger partial charge in [0.2, 0.25) is 0 Å². The Morgan fingerprint density at radius 1 is 1.07 bits per heavy atom. The number of hydrogen-bond donors (Lipinski definition) is 3. The number of nitrogens with one attached hydrogen (secondary N) is 1. The summed E-state index contributed by atoms with van der Waals surface area (Å²) in [5, 5.41) is 26.9. The number of Topliss-reactive ketones (excluding diaryl/α,β-unsaturated/α-hetero) is 1. The van der Waals surface area contributed by atoms with E-state index in [1.54, 1.807) is 11.3 Å². The number of carbonyl (C=O) groups excluding carboxylic acids is 2. The van der Waals surface area contributed by atoms with Crippen LogP contribution in [-0.4, -0.2) is 70.5 Å². The molecule has 8 rings (SSSR count). The summed E-state index contributed by atoms with van der Waals surface area (Å²) in [6, 6.07) is 3.84. The molecule has 2 bridgehead atoms. The first-order chi connectivity index (χ1) is 21.3. The zero-order valence-corrected chi connectivity index (χ0v) is 28.5. The normalized spacial score (nSPS) is 43.1. The van der Waals surface area contributed by atoms with E-state index in [4.69, 9.17) is 4.74 Å². The van der Waals surface area contributed by atoms with Gasteiger partial charge in [-0.25, -0.2) is 4.79 Å². The predicted molar refractivity (Wildman–Crippen MR) is 176 cm³/mol. The largest absolute Gasteiger partial charge is 0.393 e. The summed E-state index contributed by atoms with van der Waals surface area (Å²) >= 11 is 1.56. The van der Waals surface area contributed by atoms with Gasteiger partial charge in [-0.1, -0.05) is 32.1 Å². The summed E-state index contributed by atoms with van der Waals surface area (Å²) in [6.45, 7) is 12.1. The molecule has 6 aliphatic carbocycles. The lowest BCUT2D eigenvalue weighted by molar-refractivity contribution is -0.175. The Morgan fingerprint density at radius 3 is 2.49 bits per heavy atom. The maximum Gasteiger partial charge on any atom is 0.317 e. The number of urea groups is 1. The molecule has 0 aromatic carbocycles. The molecule has 1 aromatic rings. The van der Waals surface area contributed by atoms with Crippen molar-refractivity contribution >= 4 is 23.2 Å². The molecule has 9 unspecified atom stereocenters. The molecule has 7 nitrogen and oxygen atoms in total. The molecule has 3 N–H and O–H groups in total. The number of carbonyl (C=O) groups is 2. The molecule has 8 heteroatoms. The maximum absolute atomic E-state index is 14.6. The molecule has 4 fully saturated rings. The Morgan fingerprint density at radius 2 is 1.80 bits per heavy atom. The summed E-state index contributed by atoms with van der Waals surface area (Å²) < 4.78 is 5.96. The molecule has 2 heterocycles. The topological polar surface area (TPSA) is 99.1 Å². The molecule has 2 spiro atoms. The van der Waals surface area contributed by atoms with Crippen LogP contribution in [-0.2, 0) is 4.74 Å². The van der Waals surface area contributed by atoms with E-state index in [1.807, 2.05) is 37.8 Å². The summed E-state index contributed by atoms with van der Waals surface area (Å²) in [5.41, 5.74) is -1.61. The fourth-order valence-electron chi connectivity index (χ4n) is 11.2. The molecule has 1 saturated heterocycles. The van der Waals surface area contributed by atoms with Gasteiger partial charge in [0, 0.05) is 45.9 Å². The van der Waals surface area contributed by atoms with Gasteiger partial charge in [-0.2, -0.15) is 0 Å². The number of ketones is 1. The third-order valence-corrected chi connectivity index (χ3v) is 14.5. The Hall–Kier alpha value is -2.00. The number of fused-ring (bicyclic) bond motifs is 1. The number of ether oxygens (including phenoxy) is 1. The van der Waals surface area contributed by atoms with Crippen LogP contribution in [0.1, 0.15) is 100 Å². The van der Waals surface area contributed by atoms with Crippen LogP contribution < -0.4 is 5.32 Å². The Bertz CT molecular complexity index is 1430. The second-order valence-electron chi connectivity index (χ2n) is 16.2. The quantitative estimate of drug-likeness (QED) is 0.237. The number of nitrogens with zero attached hydrogens (tertiary/aromatic N) is 1. The van der Waals surface area contributed by atoms with Gasteiger partial charge in [0.1, 0.15) is 0 Å². The average molecular weight is 637 g/mol. The minimum atomic E-state index is -1.10. The lowest BCUT2D eigenvalue weighted by Crippen LogP contribution is -2.67. The Balaban J connectivity index is 1.30. The third-order valence-electron chi connectivity index (χ3n) is 13.5. The highest BCUT2D eigenvalue weighted by atomic mass is 32.1. The first kappa shape index (κ1) is 31.6. The van der Waals surface area contributed by atoms with Crippen molar-refractivity contribution in [3.05, 3.63) is 45.7 Å². The van der Waals surface area contributed by atoms with Gasteiger partial charge in [0.05, 0.1) is 29.2 Å². The summed E-state index contributed by atoms with van der Waals surface area (Å²) in [5.74, 6) is 0.418. The van der Waals surface area contributed by atoms with Crippen molar-refractivity contribution in [2.24, 2.45) is 33.5 Å². The van der Waals surface area contributed by atoms with Gasteiger partial charge in [0.15, 0.2) is 5.78 Å².